The summed E-state index contributed by atoms with van der Waals surface area (Å²) in [5.74, 6) is -0.227. The molecule has 1 aliphatic heterocycles. The van der Waals surface area contributed by atoms with Gasteiger partial charge in [-0.1, -0.05) is 0 Å². The molecule has 14 heavy (non-hydrogen) atoms. The summed E-state index contributed by atoms with van der Waals surface area (Å²) in [6.07, 6.45) is -0.117. The van der Waals surface area contributed by atoms with Crippen LogP contribution in [-0.4, -0.2) is 35.9 Å². The molecule has 1 rings (SSSR count). The predicted octanol–water partition coefficient (Wildman–Crippen LogP) is 0.298. The first kappa shape index (κ1) is 11.5. The second-order valence-corrected chi connectivity index (χ2v) is 4.78. The monoisotopic (exact) mass is 201 g/mol. The lowest BCUT2D eigenvalue weighted by molar-refractivity contribution is -0.156. The van der Waals surface area contributed by atoms with Gasteiger partial charge in [-0.3, -0.25) is 4.79 Å². The molecule has 1 saturated heterocycles. The molecule has 4 nitrogen and oxygen atoms in total. The summed E-state index contributed by atoms with van der Waals surface area (Å²) in [5.41, 5.74) is -0.436. The van der Waals surface area contributed by atoms with E-state index >= 15 is 0 Å². The van der Waals surface area contributed by atoms with Crippen LogP contribution < -0.4 is 5.32 Å². The summed E-state index contributed by atoms with van der Waals surface area (Å²) in [5, 5.41) is 12.5. The van der Waals surface area contributed by atoms with E-state index in [0.717, 1.165) is 0 Å². The fourth-order valence-electron chi connectivity index (χ4n) is 1.52. The lowest BCUT2D eigenvalue weighted by Gasteiger charge is -2.21. The Labute approximate surface area is 84.6 Å². The number of aliphatic hydroxyl groups is 1. The molecular formula is C10H19NO3. The van der Waals surface area contributed by atoms with Crippen LogP contribution >= 0.6 is 0 Å². The molecule has 1 heterocycles. The lowest BCUT2D eigenvalue weighted by Crippen LogP contribution is -2.28. The van der Waals surface area contributed by atoms with Crippen molar-refractivity contribution >= 4 is 5.97 Å². The first-order valence-corrected chi connectivity index (χ1v) is 4.99. The third-order valence-corrected chi connectivity index (χ3v) is 2.15. The molecule has 0 radical (unpaired) electrons. The molecule has 1 aliphatic rings. The van der Waals surface area contributed by atoms with Crippen molar-refractivity contribution in [3.05, 3.63) is 0 Å². The molecule has 2 N–H and O–H groups in total. The van der Waals surface area contributed by atoms with E-state index in [4.69, 9.17) is 4.74 Å². The summed E-state index contributed by atoms with van der Waals surface area (Å²) >= 11 is 0. The van der Waals surface area contributed by atoms with E-state index < -0.39 is 11.7 Å². The molecule has 2 atom stereocenters. The number of rotatable bonds is 2. The van der Waals surface area contributed by atoms with Gasteiger partial charge in [0.05, 0.1) is 12.5 Å². The molecule has 0 saturated carbocycles. The van der Waals surface area contributed by atoms with Crippen LogP contribution in [0.1, 0.15) is 27.2 Å². The van der Waals surface area contributed by atoms with Gasteiger partial charge in [0.1, 0.15) is 5.60 Å². The molecule has 0 aromatic rings. The number of nitrogens with one attached hydrogen (secondary N) is 1. The van der Waals surface area contributed by atoms with Crippen molar-refractivity contribution in [1.82, 2.24) is 5.32 Å². The number of β-amino-alcohol motifs (C(OH)–C–C–N with tert-alkyl or cyclic N) is 1. The van der Waals surface area contributed by atoms with Gasteiger partial charge in [0.15, 0.2) is 0 Å². The third-order valence-electron chi connectivity index (χ3n) is 2.15. The van der Waals surface area contributed by atoms with E-state index in [9.17, 15) is 9.90 Å². The molecule has 1 fully saturated rings. The SMILES string of the molecule is CC(C)(C)OC(=O)C[C@H]1CNC[C@@H]1O. The summed E-state index contributed by atoms with van der Waals surface area (Å²) in [6.45, 7) is 6.80. The highest BCUT2D eigenvalue weighted by atomic mass is 16.6. The standard InChI is InChI=1S/C10H19NO3/c1-10(2,3)14-9(13)4-7-5-11-6-8(7)12/h7-8,11-12H,4-6H2,1-3H3/t7-,8-/m0/s1. The maximum atomic E-state index is 11.4. The lowest BCUT2D eigenvalue weighted by atomic mass is 10.0. The highest BCUT2D eigenvalue weighted by Gasteiger charge is 2.28. The minimum absolute atomic E-state index is 0.00449. The Morgan fingerprint density at radius 2 is 2.14 bits per heavy atom. The van der Waals surface area contributed by atoms with Crippen LogP contribution in [0.25, 0.3) is 0 Å². The van der Waals surface area contributed by atoms with Crippen LogP contribution in [-0.2, 0) is 9.53 Å². The maximum Gasteiger partial charge on any atom is 0.306 e. The fraction of sp³-hybridized carbons (Fsp3) is 0.900. The van der Waals surface area contributed by atoms with Crippen molar-refractivity contribution in [3.63, 3.8) is 0 Å². The van der Waals surface area contributed by atoms with Crippen LogP contribution in [0.15, 0.2) is 0 Å². The fourth-order valence-corrected chi connectivity index (χ4v) is 1.52. The van der Waals surface area contributed by atoms with Gasteiger partial charge in [0.2, 0.25) is 0 Å². The van der Waals surface area contributed by atoms with Gasteiger partial charge in [-0.05, 0) is 20.8 Å². The Morgan fingerprint density at radius 3 is 2.57 bits per heavy atom. The molecule has 0 spiro atoms. The normalized spacial score (nSPS) is 27.7. The van der Waals surface area contributed by atoms with E-state index in [-0.39, 0.29) is 11.9 Å². The van der Waals surface area contributed by atoms with Gasteiger partial charge in [-0.15, -0.1) is 0 Å². The van der Waals surface area contributed by atoms with Crippen molar-refractivity contribution in [1.29, 1.82) is 0 Å². The van der Waals surface area contributed by atoms with E-state index in [1.54, 1.807) is 0 Å². The molecule has 0 unspecified atom stereocenters. The topological polar surface area (TPSA) is 58.6 Å². The number of hydrogen-bond acceptors (Lipinski definition) is 4. The average molecular weight is 201 g/mol. The Hall–Kier alpha value is -0.610. The number of esters is 1. The van der Waals surface area contributed by atoms with Crippen LogP contribution in [0.5, 0.6) is 0 Å². The zero-order valence-corrected chi connectivity index (χ0v) is 9.04. The van der Waals surface area contributed by atoms with Crippen LogP contribution in [0.4, 0.5) is 0 Å². The van der Waals surface area contributed by atoms with Gasteiger partial charge in [0, 0.05) is 19.0 Å². The van der Waals surface area contributed by atoms with Gasteiger partial charge >= 0.3 is 5.97 Å². The van der Waals surface area contributed by atoms with Crippen molar-refractivity contribution in [2.75, 3.05) is 13.1 Å². The van der Waals surface area contributed by atoms with Crippen molar-refractivity contribution < 1.29 is 14.6 Å². The number of carbonyl (C=O) groups is 1. The number of ether oxygens (including phenoxy) is 1. The summed E-state index contributed by atoms with van der Waals surface area (Å²) in [6, 6.07) is 0. The molecule has 0 aliphatic carbocycles. The molecule has 82 valence electrons. The van der Waals surface area contributed by atoms with E-state index in [1.807, 2.05) is 20.8 Å². The second kappa shape index (κ2) is 4.28. The molecule has 0 amide bonds. The van der Waals surface area contributed by atoms with Gasteiger partial charge in [-0.2, -0.15) is 0 Å². The summed E-state index contributed by atoms with van der Waals surface area (Å²) in [7, 11) is 0. The van der Waals surface area contributed by atoms with Gasteiger partial charge < -0.3 is 15.2 Å². The summed E-state index contributed by atoms with van der Waals surface area (Å²) in [4.78, 5) is 11.4. The minimum Gasteiger partial charge on any atom is -0.460 e. The Morgan fingerprint density at radius 1 is 1.50 bits per heavy atom. The van der Waals surface area contributed by atoms with Crippen molar-refractivity contribution in [2.24, 2.45) is 5.92 Å². The largest absolute Gasteiger partial charge is 0.460 e. The number of aliphatic hydroxyl groups excluding tert-OH is 1. The van der Waals surface area contributed by atoms with E-state index in [1.165, 1.54) is 0 Å². The Balaban J connectivity index is 2.33. The quantitative estimate of drug-likeness (QED) is 0.631. The smallest absolute Gasteiger partial charge is 0.306 e. The number of hydrogen-bond donors (Lipinski definition) is 2. The highest BCUT2D eigenvalue weighted by molar-refractivity contribution is 5.70. The zero-order chi connectivity index (χ0) is 10.8. The van der Waals surface area contributed by atoms with Crippen LogP contribution in [0.3, 0.4) is 0 Å². The van der Waals surface area contributed by atoms with Crippen molar-refractivity contribution in [2.45, 2.75) is 38.9 Å². The Bertz CT molecular complexity index is 210. The molecule has 0 aromatic heterocycles. The molecule has 0 aromatic carbocycles. The van der Waals surface area contributed by atoms with Crippen molar-refractivity contribution in [3.8, 4) is 0 Å². The Kier molecular flexibility index (Phi) is 3.50. The molecule has 4 heteroatoms. The van der Waals surface area contributed by atoms with Gasteiger partial charge in [-0.25, -0.2) is 0 Å². The molecule has 0 bridgehead atoms. The van der Waals surface area contributed by atoms with Crippen LogP contribution in [0.2, 0.25) is 0 Å². The average Bonchev–Trinajstić information content (AvgIpc) is 2.32. The zero-order valence-electron chi connectivity index (χ0n) is 9.04. The second-order valence-electron chi connectivity index (χ2n) is 4.78. The van der Waals surface area contributed by atoms with E-state index in [2.05, 4.69) is 5.32 Å². The first-order chi connectivity index (χ1) is 6.38. The highest BCUT2D eigenvalue weighted by Crippen LogP contribution is 2.16. The minimum atomic E-state index is -0.436. The van der Waals surface area contributed by atoms with Gasteiger partial charge in [0.25, 0.3) is 0 Å². The third kappa shape index (κ3) is 3.64. The maximum absolute atomic E-state index is 11.4. The first-order valence-electron chi connectivity index (χ1n) is 4.99. The van der Waals surface area contributed by atoms with Crippen LogP contribution in [0, 0.1) is 5.92 Å². The summed E-state index contributed by atoms with van der Waals surface area (Å²) < 4.78 is 5.17. The number of carbonyl (C=O) groups excluding carboxylic acids is 1. The molecular weight excluding hydrogens is 182 g/mol. The predicted molar refractivity (Wildman–Crippen MR) is 52.8 cm³/mol. The van der Waals surface area contributed by atoms with E-state index in [0.29, 0.717) is 19.5 Å².